The zero-order valence-electron chi connectivity index (χ0n) is 14.7. The number of allylic oxidation sites excluding steroid dienone is 2. The van der Waals surface area contributed by atoms with Gasteiger partial charge >= 0.3 is 6.18 Å². The Labute approximate surface area is 156 Å². The number of nitrogens with zero attached hydrogens (tertiary/aromatic N) is 2. The second-order valence-corrected chi connectivity index (χ2v) is 8.67. The van der Waals surface area contributed by atoms with E-state index >= 15 is 0 Å². The van der Waals surface area contributed by atoms with Crippen molar-refractivity contribution in [3.8, 4) is 0 Å². The van der Waals surface area contributed by atoms with Gasteiger partial charge in [0.05, 0.1) is 10.5 Å². The van der Waals surface area contributed by atoms with E-state index in [2.05, 4.69) is 6.08 Å². The van der Waals surface area contributed by atoms with Gasteiger partial charge in [0, 0.05) is 32.1 Å². The summed E-state index contributed by atoms with van der Waals surface area (Å²) in [6.45, 7) is 0.854. The van der Waals surface area contributed by atoms with Crippen molar-refractivity contribution in [1.82, 2.24) is 9.21 Å². The minimum atomic E-state index is -4.51. The van der Waals surface area contributed by atoms with Gasteiger partial charge in [-0.15, -0.1) is 0 Å². The fourth-order valence-corrected chi connectivity index (χ4v) is 4.81. The minimum absolute atomic E-state index is 0.0472. The first-order valence-electron chi connectivity index (χ1n) is 8.81. The molecule has 0 radical (unpaired) electrons. The Morgan fingerprint density at radius 3 is 2.15 bits per heavy atom. The Kier molecular flexibility index (Phi) is 5.62. The minimum Gasteiger partial charge on any atom is -0.340 e. The number of alkyl halides is 3. The highest BCUT2D eigenvalue weighted by atomic mass is 32.2. The van der Waals surface area contributed by atoms with Gasteiger partial charge in [0.2, 0.25) is 15.9 Å². The number of hydrogen-bond acceptors (Lipinski definition) is 3. The average molecular weight is 402 g/mol. The Hall–Kier alpha value is -1.87. The third-order valence-electron chi connectivity index (χ3n) is 4.99. The Balaban J connectivity index is 1.64. The van der Waals surface area contributed by atoms with Gasteiger partial charge in [-0.05, 0) is 43.5 Å². The maximum Gasteiger partial charge on any atom is 0.416 e. The summed E-state index contributed by atoms with van der Waals surface area (Å²) in [7, 11) is -3.88. The number of piperazine rings is 1. The highest BCUT2D eigenvalue weighted by Gasteiger charge is 2.34. The van der Waals surface area contributed by atoms with Crippen LogP contribution in [0.25, 0.3) is 0 Å². The summed E-state index contributed by atoms with van der Waals surface area (Å²) in [5, 5.41) is 0. The fourth-order valence-electron chi connectivity index (χ4n) is 3.39. The summed E-state index contributed by atoms with van der Waals surface area (Å²) < 4.78 is 64.5. The topological polar surface area (TPSA) is 57.7 Å². The molecule has 0 bridgehead atoms. The molecule has 1 atom stereocenters. The van der Waals surface area contributed by atoms with Crippen LogP contribution in [0.3, 0.4) is 0 Å². The van der Waals surface area contributed by atoms with E-state index in [-0.39, 0.29) is 29.8 Å². The smallest absolute Gasteiger partial charge is 0.340 e. The zero-order chi connectivity index (χ0) is 19.7. The first-order valence-corrected chi connectivity index (χ1v) is 10.2. The molecular formula is C18H21F3N2O3S. The third-order valence-corrected chi connectivity index (χ3v) is 6.90. The van der Waals surface area contributed by atoms with Crippen LogP contribution in [0.5, 0.6) is 0 Å². The van der Waals surface area contributed by atoms with Crippen LogP contribution in [0, 0.1) is 5.92 Å². The number of benzene rings is 1. The molecule has 0 spiro atoms. The van der Waals surface area contributed by atoms with Crippen LogP contribution in [0.2, 0.25) is 0 Å². The maximum absolute atomic E-state index is 12.7. The first kappa shape index (κ1) is 19.9. The van der Waals surface area contributed by atoms with E-state index in [0.29, 0.717) is 19.5 Å². The van der Waals surface area contributed by atoms with Crippen LogP contribution in [-0.4, -0.2) is 49.7 Å². The molecule has 1 fully saturated rings. The second-order valence-electron chi connectivity index (χ2n) is 6.73. The number of amides is 1. The molecule has 0 aromatic heterocycles. The average Bonchev–Trinajstić information content (AvgIpc) is 2.67. The summed E-state index contributed by atoms with van der Waals surface area (Å²) in [5.41, 5.74) is -0.890. The van der Waals surface area contributed by atoms with Crippen molar-refractivity contribution in [1.29, 1.82) is 0 Å². The standard InChI is InChI=1S/C18H21F3N2O3S/c19-18(20,21)15-6-8-16(9-7-15)27(25,26)23-12-10-22(11-13-23)17(24)14-4-2-1-3-5-14/h1-2,6-9,14H,3-5,10-13H2. The molecule has 1 aromatic rings. The zero-order valence-corrected chi connectivity index (χ0v) is 15.5. The number of rotatable bonds is 3. The van der Waals surface area contributed by atoms with Crippen LogP contribution >= 0.6 is 0 Å². The van der Waals surface area contributed by atoms with Crippen LogP contribution in [-0.2, 0) is 21.0 Å². The van der Waals surface area contributed by atoms with Crippen LogP contribution in [0.4, 0.5) is 13.2 Å². The number of carbonyl (C=O) groups is 1. The van der Waals surface area contributed by atoms with E-state index in [4.69, 9.17) is 0 Å². The van der Waals surface area contributed by atoms with E-state index in [1.165, 1.54) is 4.31 Å². The van der Waals surface area contributed by atoms with E-state index in [1.54, 1.807) is 4.90 Å². The fraction of sp³-hybridized carbons (Fsp3) is 0.500. The Morgan fingerprint density at radius 1 is 1.00 bits per heavy atom. The van der Waals surface area contributed by atoms with Crippen LogP contribution < -0.4 is 0 Å². The molecule has 27 heavy (non-hydrogen) atoms. The molecule has 3 rings (SSSR count). The summed E-state index contributed by atoms with van der Waals surface area (Å²) in [6.07, 6.45) is 1.93. The summed E-state index contributed by atoms with van der Waals surface area (Å²) >= 11 is 0. The van der Waals surface area contributed by atoms with Crippen molar-refractivity contribution in [3.63, 3.8) is 0 Å². The molecule has 1 aromatic carbocycles. The van der Waals surface area contributed by atoms with E-state index in [1.807, 2.05) is 6.08 Å². The molecule has 1 aliphatic carbocycles. The number of hydrogen-bond donors (Lipinski definition) is 0. The number of sulfonamides is 1. The van der Waals surface area contributed by atoms with Gasteiger partial charge in [-0.2, -0.15) is 17.5 Å². The number of carbonyl (C=O) groups excluding carboxylic acids is 1. The molecule has 1 aliphatic heterocycles. The van der Waals surface area contributed by atoms with Crippen molar-refractivity contribution >= 4 is 15.9 Å². The Morgan fingerprint density at radius 2 is 1.63 bits per heavy atom. The lowest BCUT2D eigenvalue weighted by atomic mass is 9.93. The summed E-state index contributed by atoms with van der Waals surface area (Å²) in [4.78, 5) is 14.0. The molecule has 1 heterocycles. The molecule has 9 heteroatoms. The maximum atomic E-state index is 12.7. The second kappa shape index (κ2) is 7.63. The molecule has 1 amide bonds. The summed E-state index contributed by atoms with van der Waals surface area (Å²) in [5.74, 6) is -0.000928. The van der Waals surface area contributed by atoms with Crippen molar-refractivity contribution in [2.24, 2.45) is 5.92 Å². The van der Waals surface area contributed by atoms with Gasteiger partial charge in [0.15, 0.2) is 0 Å². The lowest BCUT2D eigenvalue weighted by Gasteiger charge is -2.36. The largest absolute Gasteiger partial charge is 0.416 e. The number of halogens is 3. The van der Waals surface area contributed by atoms with Gasteiger partial charge in [0.25, 0.3) is 0 Å². The monoisotopic (exact) mass is 402 g/mol. The van der Waals surface area contributed by atoms with E-state index in [9.17, 15) is 26.4 Å². The lowest BCUT2D eigenvalue weighted by Crippen LogP contribution is -2.51. The van der Waals surface area contributed by atoms with E-state index < -0.39 is 21.8 Å². The molecule has 1 saturated heterocycles. The van der Waals surface area contributed by atoms with Crippen LogP contribution in [0.1, 0.15) is 24.8 Å². The van der Waals surface area contributed by atoms with Crippen molar-refractivity contribution in [3.05, 3.63) is 42.0 Å². The molecule has 0 N–H and O–H groups in total. The van der Waals surface area contributed by atoms with Crippen molar-refractivity contribution in [2.75, 3.05) is 26.2 Å². The predicted molar refractivity (Wildman–Crippen MR) is 93.3 cm³/mol. The highest BCUT2D eigenvalue weighted by Crippen LogP contribution is 2.30. The third kappa shape index (κ3) is 4.35. The molecule has 5 nitrogen and oxygen atoms in total. The normalized spacial score (nSPS) is 22.0. The van der Waals surface area contributed by atoms with Gasteiger partial charge in [-0.1, -0.05) is 12.2 Å². The first-order chi connectivity index (χ1) is 12.7. The lowest BCUT2D eigenvalue weighted by molar-refractivity contribution is -0.138. The van der Waals surface area contributed by atoms with Crippen molar-refractivity contribution < 1.29 is 26.4 Å². The quantitative estimate of drug-likeness (QED) is 0.731. The summed E-state index contributed by atoms with van der Waals surface area (Å²) in [6, 6.07) is 3.49. The van der Waals surface area contributed by atoms with Gasteiger partial charge in [0.1, 0.15) is 0 Å². The van der Waals surface area contributed by atoms with Crippen LogP contribution in [0.15, 0.2) is 41.3 Å². The van der Waals surface area contributed by atoms with Gasteiger partial charge in [-0.25, -0.2) is 8.42 Å². The molecular weight excluding hydrogens is 381 g/mol. The Bertz CT molecular complexity index is 811. The predicted octanol–water partition coefficient (Wildman–Crippen LogP) is 2.89. The van der Waals surface area contributed by atoms with Gasteiger partial charge in [-0.3, -0.25) is 4.79 Å². The van der Waals surface area contributed by atoms with Gasteiger partial charge < -0.3 is 4.90 Å². The molecule has 0 saturated carbocycles. The SMILES string of the molecule is O=C(C1CC=CCC1)N1CCN(S(=O)(=O)c2ccc(C(F)(F)F)cc2)CC1. The molecule has 2 aliphatic rings. The molecule has 148 valence electrons. The van der Waals surface area contributed by atoms with E-state index in [0.717, 1.165) is 37.1 Å². The van der Waals surface area contributed by atoms with Crippen molar-refractivity contribution in [2.45, 2.75) is 30.3 Å². The highest BCUT2D eigenvalue weighted by molar-refractivity contribution is 7.89. The molecule has 1 unspecified atom stereocenters.